The van der Waals surface area contributed by atoms with Crippen molar-refractivity contribution >= 4 is 16.0 Å². The van der Waals surface area contributed by atoms with Crippen LogP contribution in [0.5, 0.6) is 0 Å². The normalized spacial score (nSPS) is 29.1. The van der Waals surface area contributed by atoms with Crippen LogP contribution in [0.2, 0.25) is 0 Å². The van der Waals surface area contributed by atoms with E-state index in [1.165, 1.54) is 7.11 Å². The summed E-state index contributed by atoms with van der Waals surface area (Å²) >= 11 is 0. The first kappa shape index (κ1) is 15.4. The lowest BCUT2D eigenvalue weighted by Crippen LogP contribution is -2.52. The molecule has 2 atom stereocenters. The van der Waals surface area contributed by atoms with E-state index in [1.54, 1.807) is 6.92 Å². The van der Waals surface area contributed by atoms with Gasteiger partial charge in [-0.25, -0.2) is 13.1 Å². The molecule has 0 amide bonds. The summed E-state index contributed by atoms with van der Waals surface area (Å²) in [4.78, 5) is 11.3. The fraction of sp³-hybridized carbons (Fsp3) is 0.909. The smallest absolute Gasteiger partial charge is 0.310 e. The summed E-state index contributed by atoms with van der Waals surface area (Å²) in [6, 6.07) is -0.536. The van der Waals surface area contributed by atoms with Crippen molar-refractivity contribution in [2.45, 2.75) is 38.6 Å². The molecule has 0 aromatic heterocycles. The SMILES string of the molecule is COCCS(=O)(=O)NC1CCCCC1(C)C(=O)O. The first-order chi connectivity index (χ1) is 8.32. The van der Waals surface area contributed by atoms with Crippen molar-refractivity contribution in [1.29, 1.82) is 0 Å². The summed E-state index contributed by atoms with van der Waals surface area (Å²) in [5.74, 6) is -1.09. The minimum Gasteiger partial charge on any atom is -0.481 e. The monoisotopic (exact) mass is 279 g/mol. The van der Waals surface area contributed by atoms with Crippen LogP contribution in [0.25, 0.3) is 0 Å². The highest BCUT2D eigenvalue weighted by atomic mass is 32.2. The Kier molecular flexibility index (Phi) is 5.12. The highest BCUT2D eigenvalue weighted by Gasteiger charge is 2.44. The predicted molar refractivity (Wildman–Crippen MR) is 66.8 cm³/mol. The molecule has 1 rings (SSSR count). The molecule has 1 aliphatic carbocycles. The molecule has 6 nitrogen and oxygen atoms in total. The van der Waals surface area contributed by atoms with E-state index in [1.807, 2.05) is 0 Å². The van der Waals surface area contributed by atoms with Crippen LogP contribution in [0.15, 0.2) is 0 Å². The Bertz CT molecular complexity index is 394. The first-order valence-electron chi connectivity index (χ1n) is 6.04. The topological polar surface area (TPSA) is 92.7 Å². The summed E-state index contributed by atoms with van der Waals surface area (Å²) in [5.41, 5.74) is -1.02. The van der Waals surface area contributed by atoms with Gasteiger partial charge in [0.15, 0.2) is 0 Å². The first-order valence-corrected chi connectivity index (χ1v) is 7.69. The van der Waals surface area contributed by atoms with Gasteiger partial charge >= 0.3 is 5.97 Å². The van der Waals surface area contributed by atoms with Crippen molar-refractivity contribution in [2.24, 2.45) is 5.41 Å². The molecule has 0 heterocycles. The molecule has 1 fully saturated rings. The van der Waals surface area contributed by atoms with Gasteiger partial charge in [-0.15, -0.1) is 0 Å². The average molecular weight is 279 g/mol. The van der Waals surface area contributed by atoms with Gasteiger partial charge in [0.05, 0.1) is 17.8 Å². The number of ether oxygens (including phenoxy) is 1. The van der Waals surface area contributed by atoms with Crippen molar-refractivity contribution in [3.8, 4) is 0 Å². The molecule has 1 aliphatic rings. The highest BCUT2D eigenvalue weighted by Crippen LogP contribution is 2.36. The molecule has 0 bridgehead atoms. The molecular formula is C11H21NO5S. The van der Waals surface area contributed by atoms with Crippen LogP contribution in [0, 0.1) is 5.41 Å². The number of carboxylic acid groups (broad SMARTS) is 1. The van der Waals surface area contributed by atoms with E-state index in [4.69, 9.17) is 4.74 Å². The second-order valence-electron chi connectivity index (χ2n) is 4.95. The zero-order chi connectivity index (χ0) is 13.8. The fourth-order valence-electron chi connectivity index (χ4n) is 2.25. The standard InChI is InChI=1S/C11H21NO5S/c1-11(10(13)14)6-4-3-5-9(11)12-18(15,16)8-7-17-2/h9,12H,3-8H2,1-2H3,(H,13,14). The third kappa shape index (κ3) is 3.66. The van der Waals surface area contributed by atoms with Gasteiger partial charge in [0.25, 0.3) is 0 Å². The van der Waals surface area contributed by atoms with Crippen molar-refractivity contribution in [1.82, 2.24) is 4.72 Å². The van der Waals surface area contributed by atoms with Gasteiger partial charge in [-0.1, -0.05) is 12.8 Å². The second kappa shape index (κ2) is 5.99. The third-order valence-corrected chi connectivity index (χ3v) is 4.92. The highest BCUT2D eigenvalue weighted by molar-refractivity contribution is 7.89. The molecule has 0 aliphatic heterocycles. The van der Waals surface area contributed by atoms with Crippen LogP contribution < -0.4 is 4.72 Å². The number of nitrogens with one attached hydrogen (secondary N) is 1. The number of aliphatic carboxylic acids is 1. The molecule has 2 unspecified atom stereocenters. The van der Waals surface area contributed by atoms with E-state index in [-0.39, 0.29) is 12.4 Å². The summed E-state index contributed by atoms with van der Waals surface area (Å²) < 4.78 is 30.8. The number of sulfonamides is 1. The van der Waals surface area contributed by atoms with Crippen LogP contribution in [0.3, 0.4) is 0 Å². The Morgan fingerprint density at radius 1 is 1.50 bits per heavy atom. The van der Waals surface area contributed by atoms with Crippen LogP contribution in [-0.4, -0.2) is 45.0 Å². The maximum Gasteiger partial charge on any atom is 0.310 e. The second-order valence-corrected chi connectivity index (χ2v) is 6.82. The maximum atomic E-state index is 11.8. The summed E-state index contributed by atoms with van der Waals surface area (Å²) in [7, 11) is -2.06. The van der Waals surface area contributed by atoms with Gasteiger partial charge in [-0.2, -0.15) is 0 Å². The number of carboxylic acids is 1. The molecule has 106 valence electrons. The molecule has 0 saturated heterocycles. The molecule has 0 aromatic rings. The van der Waals surface area contributed by atoms with E-state index in [2.05, 4.69) is 4.72 Å². The van der Waals surface area contributed by atoms with E-state index in [0.717, 1.165) is 12.8 Å². The Morgan fingerprint density at radius 2 is 2.17 bits per heavy atom. The largest absolute Gasteiger partial charge is 0.481 e. The number of rotatable bonds is 6. The van der Waals surface area contributed by atoms with Crippen molar-refractivity contribution in [3.05, 3.63) is 0 Å². The third-order valence-electron chi connectivity index (χ3n) is 3.57. The summed E-state index contributed by atoms with van der Waals surface area (Å²) in [6.07, 6.45) is 2.73. The Hall–Kier alpha value is -0.660. The molecular weight excluding hydrogens is 258 g/mol. The van der Waals surface area contributed by atoms with Gasteiger partial charge in [-0.3, -0.25) is 4.79 Å². The van der Waals surface area contributed by atoms with Crippen LogP contribution in [-0.2, 0) is 19.6 Å². The van der Waals surface area contributed by atoms with Crippen molar-refractivity contribution < 1.29 is 23.1 Å². The Morgan fingerprint density at radius 3 is 2.72 bits per heavy atom. The van der Waals surface area contributed by atoms with Gasteiger partial charge in [-0.05, 0) is 19.8 Å². The van der Waals surface area contributed by atoms with Gasteiger partial charge in [0.1, 0.15) is 0 Å². The number of hydrogen-bond acceptors (Lipinski definition) is 4. The molecule has 18 heavy (non-hydrogen) atoms. The quantitative estimate of drug-likeness (QED) is 0.742. The molecule has 0 radical (unpaired) electrons. The minimum atomic E-state index is -3.49. The number of hydrogen-bond donors (Lipinski definition) is 2. The Balaban J connectivity index is 2.77. The van der Waals surface area contributed by atoms with Crippen molar-refractivity contribution in [3.63, 3.8) is 0 Å². The van der Waals surface area contributed by atoms with E-state index in [0.29, 0.717) is 12.8 Å². The molecule has 0 spiro atoms. The zero-order valence-corrected chi connectivity index (χ0v) is 11.6. The molecule has 2 N–H and O–H groups in total. The number of methoxy groups -OCH3 is 1. The predicted octanol–water partition coefficient (Wildman–Crippen LogP) is 0.586. The van der Waals surface area contributed by atoms with Crippen LogP contribution in [0.1, 0.15) is 32.6 Å². The van der Waals surface area contributed by atoms with E-state index < -0.39 is 27.4 Å². The number of carbonyl (C=O) groups is 1. The van der Waals surface area contributed by atoms with Gasteiger partial charge in [0.2, 0.25) is 10.0 Å². The van der Waals surface area contributed by atoms with E-state index in [9.17, 15) is 18.3 Å². The lowest BCUT2D eigenvalue weighted by molar-refractivity contribution is -0.151. The maximum absolute atomic E-state index is 11.8. The van der Waals surface area contributed by atoms with Crippen molar-refractivity contribution in [2.75, 3.05) is 19.5 Å². The van der Waals surface area contributed by atoms with E-state index >= 15 is 0 Å². The van der Waals surface area contributed by atoms with Crippen LogP contribution in [0.4, 0.5) is 0 Å². The lowest BCUT2D eigenvalue weighted by Gasteiger charge is -2.38. The minimum absolute atomic E-state index is 0.103. The van der Waals surface area contributed by atoms with Gasteiger partial charge < -0.3 is 9.84 Å². The fourth-order valence-corrected chi connectivity index (χ4v) is 3.56. The lowest BCUT2D eigenvalue weighted by atomic mass is 9.72. The summed E-state index contributed by atoms with van der Waals surface area (Å²) in [5, 5.41) is 9.28. The molecule has 0 aromatic carbocycles. The molecule has 1 saturated carbocycles. The molecule has 7 heteroatoms. The van der Waals surface area contributed by atoms with Crippen LogP contribution >= 0.6 is 0 Å². The summed E-state index contributed by atoms with van der Waals surface area (Å²) in [6.45, 7) is 1.71. The van der Waals surface area contributed by atoms with Gasteiger partial charge in [0, 0.05) is 13.2 Å². The average Bonchev–Trinajstić information content (AvgIpc) is 2.29. The Labute approximate surface area is 108 Å². The zero-order valence-electron chi connectivity index (χ0n) is 10.8.